The second-order valence-corrected chi connectivity index (χ2v) is 6.42. The summed E-state index contributed by atoms with van der Waals surface area (Å²) in [6.45, 7) is 4.16. The van der Waals surface area contributed by atoms with Crippen molar-refractivity contribution in [1.82, 2.24) is 24.8 Å². The average Bonchev–Trinajstić information content (AvgIpc) is 3.18. The first-order valence-electron chi connectivity index (χ1n) is 8.31. The first-order valence-corrected chi connectivity index (χ1v) is 8.31. The maximum atomic E-state index is 9.29. The number of nitrogens with zero attached hydrogens (tertiary/aromatic N) is 4. The molecule has 8 heteroatoms. The predicted molar refractivity (Wildman–Crippen MR) is 107 cm³/mol. The number of fused-ring (bicyclic) bond motifs is 2. The van der Waals surface area contributed by atoms with E-state index in [2.05, 4.69) is 25.6 Å². The molecule has 0 fully saturated rings. The van der Waals surface area contributed by atoms with Gasteiger partial charge >= 0.3 is 0 Å². The highest BCUT2D eigenvalue weighted by Crippen LogP contribution is 2.22. The fourth-order valence-corrected chi connectivity index (χ4v) is 2.94. The van der Waals surface area contributed by atoms with Crippen LogP contribution < -0.4 is 5.32 Å². The molecule has 0 spiro atoms. The van der Waals surface area contributed by atoms with Crippen molar-refractivity contribution in [2.75, 3.05) is 11.9 Å². The zero-order chi connectivity index (χ0) is 17.4. The summed E-state index contributed by atoms with van der Waals surface area (Å²) >= 11 is 0. The number of nitrogens with one attached hydrogen (secondary N) is 2. The molecule has 0 saturated heterocycles. The SMILES string of the molecule is Cc1[nH]nc2cc(Nc3nc4cccc(C[C@H](C)CO)n4n3)ccc12.S. The van der Waals surface area contributed by atoms with E-state index in [0.29, 0.717) is 5.95 Å². The Hall–Kier alpha value is -2.58. The van der Waals surface area contributed by atoms with E-state index in [4.69, 9.17) is 0 Å². The number of aliphatic hydroxyl groups excluding tert-OH is 1. The number of benzene rings is 1. The summed E-state index contributed by atoms with van der Waals surface area (Å²) in [7, 11) is 0. The van der Waals surface area contributed by atoms with Gasteiger partial charge in [-0.15, -0.1) is 5.10 Å². The molecule has 3 N–H and O–H groups in total. The van der Waals surface area contributed by atoms with E-state index in [-0.39, 0.29) is 26.0 Å². The van der Waals surface area contributed by atoms with Gasteiger partial charge in [0, 0.05) is 29.1 Å². The Labute approximate surface area is 157 Å². The van der Waals surface area contributed by atoms with Crippen LogP contribution in [0.25, 0.3) is 16.6 Å². The third kappa shape index (κ3) is 3.38. The van der Waals surface area contributed by atoms with E-state index in [1.165, 1.54) is 0 Å². The number of hydrogen-bond acceptors (Lipinski definition) is 5. The van der Waals surface area contributed by atoms with Gasteiger partial charge in [-0.3, -0.25) is 5.10 Å². The molecule has 0 aliphatic rings. The summed E-state index contributed by atoms with van der Waals surface area (Å²) in [5, 5.41) is 25.5. The highest BCUT2D eigenvalue weighted by atomic mass is 32.1. The maximum Gasteiger partial charge on any atom is 0.247 e. The lowest BCUT2D eigenvalue weighted by atomic mass is 10.1. The topological polar surface area (TPSA) is 91.1 Å². The van der Waals surface area contributed by atoms with E-state index in [9.17, 15) is 5.11 Å². The molecule has 136 valence electrons. The molecule has 4 rings (SSSR count). The van der Waals surface area contributed by atoms with Crippen LogP contribution in [-0.2, 0) is 6.42 Å². The molecule has 0 amide bonds. The lowest BCUT2D eigenvalue weighted by molar-refractivity contribution is 0.236. The van der Waals surface area contributed by atoms with Crippen molar-refractivity contribution in [2.45, 2.75) is 20.3 Å². The molecule has 4 aromatic rings. The summed E-state index contributed by atoms with van der Waals surface area (Å²) in [5.74, 6) is 0.715. The van der Waals surface area contributed by atoms with Crippen LogP contribution in [0.4, 0.5) is 11.6 Å². The first kappa shape index (κ1) is 18.2. The monoisotopic (exact) mass is 370 g/mol. The van der Waals surface area contributed by atoms with Crippen LogP contribution in [0.2, 0.25) is 0 Å². The molecule has 3 heterocycles. The first-order chi connectivity index (χ1) is 12.1. The van der Waals surface area contributed by atoms with Crippen molar-refractivity contribution in [3.05, 3.63) is 47.8 Å². The van der Waals surface area contributed by atoms with Gasteiger partial charge in [-0.1, -0.05) is 13.0 Å². The Bertz CT molecular complexity index is 1040. The van der Waals surface area contributed by atoms with Crippen LogP contribution >= 0.6 is 13.5 Å². The van der Waals surface area contributed by atoms with Gasteiger partial charge in [0.2, 0.25) is 5.95 Å². The maximum absolute atomic E-state index is 9.29. The largest absolute Gasteiger partial charge is 0.396 e. The van der Waals surface area contributed by atoms with Crippen LogP contribution in [-0.4, -0.2) is 36.5 Å². The molecular formula is C18H22N6OS. The van der Waals surface area contributed by atoms with Crippen molar-refractivity contribution in [1.29, 1.82) is 0 Å². The number of aliphatic hydroxyl groups is 1. The van der Waals surface area contributed by atoms with Gasteiger partial charge in [-0.05, 0) is 49.6 Å². The molecule has 7 nitrogen and oxygen atoms in total. The third-order valence-electron chi connectivity index (χ3n) is 4.31. The lowest BCUT2D eigenvalue weighted by Gasteiger charge is -2.08. The number of anilines is 2. The van der Waals surface area contributed by atoms with E-state index in [1.54, 1.807) is 0 Å². The molecule has 0 aliphatic carbocycles. The molecule has 1 aromatic carbocycles. The van der Waals surface area contributed by atoms with Gasteiger partial charge in [-0.2, -0.15) is 23.6 Å². The summed E-state index contributed by atoms with van der Waals surface area (Å²) < 4.78 is 1.83. The normalized spacial score (nSPS) is 12.3. The van der Waals surface area contributed by atoms with E-state index in [0.717, 1.165) is 40.0 Å². The quantitative estimate of drug-likeness (QED) is 0.502. The van der Waals surface area contributed by atoms with Crippen LogP contribution in [0.3, 0.4) is 0 Å². The van der Waals surface area contributed by atoms with Gasteiger partial charge in [-0.25, -0.2) is 4.52 Å². The number of aryl methyl sites for hydroxylation is 1. The number of rotatable bonds is 5. The zero-order valence-electron chi connectivity index (χ0n) is 14.7. The fraction of sp³-hybridized carbons (Fsp3) is 0.278. The van der Waals surface area contributed by atoms with Crippen molar-refractivity contribution in [3.8, 4) is 0 Å². The summed E-state index contributed by atoms with van der Waals surface area (Å²) in [4.78, 5) is 4.54. The summed E-state index contributed by atoms with van der Waals surface area (Å²) in [5.41, 5.74) is 4.65. The minimum atomic E-state index is 0. The Balaban J connectivity index is 0.00000196. The average molecular weight is 370 g/mol. The van der Waals surface area contributed by atoms with E-state index >= 15 is 0 Å². The number of pyridine rings is 1. The van der Waals surface area contributed by atoms with Crippen molar-refractivity contribution in [2.24, 2.45) is 5.92 Å². The third-order valence-corrected chi connectivity index (χ3v) is 4.31. The van der Waals surface area contributed by atoms with Gasteiger partial charge in [0.1, 0.15) is 0 Å². The molecule has 1 atom stereocenters. The Morgan fingerprint density at radius 1 is 1.27 bits per heavy atom. The Morgan fingerprint density at radius 2 is 2.12 bits per heavy atom. The highest BCUT2D eigenvalue weighted by molar-refractivity contribution is 7.59. The van der Waals surface area contributed by atoms with Crippen molar-refractivity contribution in [3.63, 3.8) is 0 Å². The summed E-state index contributed by atoms with van der Waals surface area (Å²) in [6, 6.07) is 11.9. The fourth-order valence-electron chi connectivity index (χ4n) is 2.94. The van der Waals surface area contributed by atoms with Gasteiger partial charge in [0.25, 0.3) is 0 Å². The molecule has 0 aliphatic heterocycles. The lowest BCUT2D eigenvalue weighted by Crippen LogP contribution is -2.08. The molecule has 0 radical (unpaired) electrons. The van der Waals surface area contributed by atoms with Gasteiger partial charge in [0.05, 0.1) is 5.52 Å². The molecule has 3 aromatic heterocycles. The number of aromatic nitrogens is 5. The van der Waals surface area contributed by atoms with Gasteiger partial charge in [0.15, 0.2) is 5.65 Å². The van der Waals surface area contributed by atoms with Crippen LogP contribution in [0.1, 0.15) is 18.3 Å². The number of H-pyrrole nitrogens is 1. The molecule has 26 heavy (non-hydrogen) atoms. The summed E-state index contributed by atoms with van der Waals surface area (Å²) in [6.07, 6.45) is 0.745. The highest BCUT2D eigenvalue weighted by Gasteiger charge is 2.11. The zero-order valence-corrected chi connectivity index (χ0v) is 15.7. The van der Waals surface area contributed by atoms with Crippen molar-refractivity contribution < 1.29 is 5.11 Å². The van der Waals surface area contributed by atoms with E-state index < -0.39 is 0 Å². The van der Waals surface area contributed by atoms with Crippen molar-refractivity contribution >= 4 is 41.7 Å². The molecule has 0 saturated carbocycles. The second kappa shape index (κ2) is 7.35. The van der Waals surface area contributed by atoms with Crippen LogP contribution in [0.15, 0.2) is 36.4 Å². The molecule has 0 bridgehead atoms. The second-order valence-electron chi connectivity index (χ2n) is 6.42. The molecular weight excluding hydrogens is 348 g/mol. The van der Waals surface area contributed by atoms with Crippen LogP contribution in [0.5, 0.6) is 0 Å². The number of hydrogen-bond donors (Lipinski definition) is 3. The smallest absolute Gasteiger partial charge is 0.247 e. The number of aromatic amines is 1. The van der Waals surface area contributed by atoms with E-state index in [1.807, 2.05) is 54.8 Å². The minimum Gasteiger partial charge on any atom is -0.396 e. The van der Waals surface area contributed by atoms with Crippen LogP contribution in [0, 0.1) is 12.8 Å². The molecule has 0 unspecified atom stereocenters. The van der Waals surface area contributed by atoms with Gasteiger partial charge < -0.3 is 10.4 Å². The Kier molecular flexibility index (Phi) is 5.15. The minimum absolute atomic E-state index is 0. The standard InChI is InChI=1S/C18H20N6O.H2S/c1-11(10-25)8-14-4-3-5-17-20-18(23-24(14)17)19-13-6-7-15-12(2)21-22-16(15)9-13;/h3-7,9,11,25H,8,10H2,1-2H3,(H,19,23)(H,21,22);1H2/t11-;/m0./s1. The predicted octanol–water partition coefficient (Wildman–Crippen LogP) is 2.94. The Morgan fingerprint density at radius 3 is 2.92 bits per heavy atom.